The fourth-order valence-electron chi connectivity index (χ4n) is 3.07. The second-order valence-corrected chi connectivity index (χ2v) is 7.78. The van der Waals surface area contributed by atoms with Gasteiger partial charge in [0.2, 0.25) is 0 Å². The molecule has 1 aliphatic rings. The highest BCUT2D eigenvalue weighted by Gasteiger charge is 2.24. The third-order valence-corrected chi connectivity index (χ3v) is 5.70. The van der Waals surface area contributed by atoms with Gasteiger partial charge in [0.25, 0.3) is 5.91 Å². The van der Waals surface area contributed by atoms with Crippen molar-refractivity contribution in [2.45, 2.75) is 26.2 Å². The first kappa shape index (κ1) is 19.8. The molecule has 1 amide bonds. The fraction of sp³-hybridized carbons (Fsp3) is 0.286. The minimum Gasteiger partial charge on any atom is -0.452 e. The molecule has 0 aliphatic heterocycles. The van der Waals surface area contributed by atoms with E-state index < -0.39 is 24.3 Å². The van der Waals surface area contributed by atoms with Crippen LogP contribution in [0, 0.1) is 23.1 Å². The SMILES string of the molecule is C[C@@H]1CCc2c(sc(NC(=O)COC(=O)/C=C/c3ccccc3F)c2C#N)C1. The van der Waals surface area contributed by atoms with Crippen molar-refractivity contribution in [1.82, 2.24) is 0 Å². The molecule has 2 aromatic rings. The van der Waals surface area contributed by atoms with Crippen LogP contribution in [0.3, 0.4) is 0 Å². The van der Waals surface area contributed by atoms with Crippen LogP contribution >= 0.6 is 11.3 Å². The van der Waals surface area contributed by atoms with Crippen LogP contribution in [-0.2, 0) is 27.2 Å². The summed E-state index contributed by atoms with van der Waals surface area (Å²) in [5, 5.41) is 12.6. The van der Waals surface area contributed by atoms with Gasteiger partial charge in [0.05, 0.1) is 5.56 Å². The molecule has 0 saturated carbocycles. The van der Waals surface area contributed by atoms with Gasteiger partial charge in [0.15, 0.2) is 6.61 Å². The average Bonchev–Trinajstić information content (AvgIpc) is 3.01. The van der Waals surface area contributed by atoms with Crippen molar-refractivity contribution in [3.05, 3.63) is 57.7 Å². The number of nitrogens with one attached hydrogen (secondary N) is 1. The number of nitriles is 1. The molecule has 0 unspecified atom stereocenters. The second-order valence-electron chi connectivity index (χ2n) is 6.68. The Morgan fingerprint density at radius 3 is 2.96 bits per heavy atom. The standard InChI is InChI=1S/C21H19FN2O3S/c1-13-6-8-15-16(11-23)21(28-18(15)10-13)24-19(25)12-27-20(26)9-7-14-4-2-3-5-17(14)22/h2-5,7,9,13H,6,8,10,12H2,1H3,(H,24,25)/b9-7+/t13-/m1/s1. The minimum atomic E-state index is -0.752. The molecule has 1 atom stereocenters. The van der Waals surface area contributed by atoms with Gasteiger partial charge in [-0.25, -0.2) is 9.18 Å². The van der Waals surface area contributed by atoms with Crippen LogP contribution in [0.25, 0.3) is 6.08 Å². The van der Waals surface area contributed by atoms with Crippen LogP contribution in [0.4, 0.5) is 9.39 Å². The largest absolute Gasteiger partial charge is 0.452 e. The maximum Gasteiger partial charge on any atom is 0.331 e. The zero-order valence-electron chi connectivity index (χ0n) is 15.3. The van der Waals surface area contributed by atoms with Gasteiger partial charge < -0.3 is 10.1 Å². The van der Waals surface area contributed by atoms with Crippen LogP contribution in [0.15, 0.2) is 30.3 Å². The molecule has 1 aromatic heterocycles. The van der Waals surface area contributed by atoms with Crippen LogP contribution in [0.1, 0.15) is 34.9 Å². The smallest absolute Gasteiger partial charge is 0.331 e. The lowest BCUT2D eigenvalue weighted by Crippen LogP contribution is -2.20. The number of ether oxygens (including phenoxy) is 1. The van der Waals surface area contributed by atoms with Gasteiger partial charge >= 0.3 is 5.97 Å². The Morgan fingerprint density at radius 1 is 1.43 bits per heavy atom. The number of fused-ring (bicyclic) bond motifs is 1. The van der Waals surface area contributed by atoms with E-state index in [0.717, 1.165) is 35.8 Å². The van der Waals surface area contributed by atoms with Gasteiger partial charge in [-0.3, -0.25) is 4.79 Å². The molecule has 0 spiro atoms. The zero-order chi connectivity index (χ0) is 20.1. The van der Waals surface area contributed by atoms with E-state index in [4.69, 9.17) is 4.74 Å². The number of rotatable bonds is 5. The van der Waals surface area contributed by atoms with E-state index in [1.165, 1.54) is 29.5 Å². The summed E-state index contributed by atoms with van der Waals surface area (Å²) in [7, 11) is 0. The van der Waals surface area contributed by atoms with Crippen molar-refractivity contribution in [1.29, 1.82) is 5.26 Å². The molecule has 5 nitrogen and oxygen atoms in total. The highest BCUT2D eigenvalue weighted by Crippen LogP contribution is 2.39. The Hall–Kier alpha value is -2.98. The first-order valence-corrected chi connectivity index (χ1v) is 9.73. The zero-order valence-corrected chi connectivity index (χ0v) is 16.1. The van der Waals surface area contributed by atoms with Crippen LogP contribution in [0.2, 0.25) is 0 Å². The van der Waals surface area contributed by atoms with Gasteiger partial charge in [-0.05, 0) is 42.9 Å². The molecule has 7 heteroatoms. The summed E-state index contributed by atoms with van der Waals surface area (Å²) in [6.07, 6.45) is 5.12. The number of carbonyl (C=O) groups is 2. The monoisotopic (exact) mass is 398 g/mol. The number of thiophene rings is 1. The van der Waals surface area contributed by atoms with Crippen molar-refractivity contribution >= 4 is 34.3 Å². The number of esters is 1. The molecular weight excluding hydrogens is 379 g/mol. The topological polar surface area (TPSA) is 79.2 Å². The van der Waals surface area contributed by atoms with E-state index in [-0.39, 0.29) is 5.56 Å². The Kier molecular flexibility index (Phi) is 6.22. The third kappa shape index (κ3) is 4.65. The number of hydrogen-bond donors (Lipinski definition) is 1. The fourth-order valence-corrected chi connectivity index (χ4v) is 4.45. The predicted molar refractivity (Wildman–Crippen MR) is 105 cm³/mol. The van der Waals surface area contributed by atoms with Gasteiger partial charge in [0, 0.05) is 16.5 Å². The maximum absolute atomic E-state index is 13.5. The first-order chi connectivity index (χ1) is 13.5. The van der Waals surface area contributed by atoms with Crippen molar-refractivity contribution < 1.29 is 18.7 Å². The van der Waals surface area contributed by atoms with E-state index in [2.05, 4.69) is 18.3 Å². The second kappa shape index (κ2) is 8.81. The number of amides is 1. The Morgan fingerprint density at radius 2 is 2.21 bits per heavy atom. The highest BCUT2D eigenvalue weighted by molar-refractivity contribution is 7.16. The van der Waals surface area contributed by atoms with Crippen molar-refractivity contribution in [2.24, 2.45) is 5.92 Å². The van der Waals surface area contributed by atoms with E-state index in [9.17, 15) is 19.2 Å². The van der Waals surface area contributed by atoms with Gasteiger partial charge in [0.1, 0.15) is 16.9 Å². The lowest BCUT2D eigenvalue weighted by Gasteiger charge is -2.17. The number of hydrogen-bond acceptors (Lipinski definition) is 5. The lowest BCUT2D eigenvalue weighted by molar-refractivity contribution is -0.142. The summed E-state index contributed by atoms with van der Waals surface area (Å²) in [4.78, 5) is 25.0. The molecule has 1 aliphatic carbocycles. The molecule has 3 rings (SSSR count). The van der Waals surface area contributed by atoms with Crippen molar-refractivity contribution in [2.75, 3.05) is 11.9 Å². The normalized spacial score (nSPS) is 15.7. The first-order valence-electron chi connectivity index (χ1n) is 8.91. The molecule has 0 radical (unpaired) electrons. The predicted octanol–water partition coefficient (Wildman–Crippen LogP) is 4.08. The summed E-state index contributed by atoms with van der Waals surface area (Å²) in [6.45, 7) is 1.69. The number of benzene rings is 1. The number of anilines is 1. The molecule has 144 valence electrons. The Bertz CT molecular complexity index is 975. The number of halogens is 1. The third-order valence-electron chi connectivity index (χ3n) is 4.53. The van der Waals surface area contributed by atoms with E-state index >= 15 is 0 Å². The van der Waals surface area contributed by atoms with Crippen molar-refractivity contribution in [3.63, 3.8) is 0 Å². The summed E-state index contributed by atoms with van der Waals surface area (Å²) >= 11 is 1.41. The van der Waals surface area contributed by atoms with E-state index in [0.29, 0.717) is 16.5 Å². The average molecular weight is 398 g/mol. The van der Waals surface area contributed by atoms with Gasteiger partial charge in [-0.15, -0.1) is 11.3 Å². The molecule has 28 heavy (non-hydrogen) atoms. The minimum absolute atomic E-state index is 0.251. The summed E-state index contributed by atoms with van der Waals surface area (Å²) in [6, 6.07) is 8.18. The summed E-state index contributed by atoms with van der Waals surface area (Å²) in [5.41, 5.74) is 1.78. The molecule has 1 N–H and O–H groups in total. The van der Waals surface area contributed by atoms with Crippen LogP contribution < -0.4 is 5.32 Å². The van der Waals surface area contributed by atoms with E-state index in [1.54, 1.807) is 12.1 Å². The molecule has 0 bridgehead atoms. The molecule has 1 aromatic carbocycles. The maximum atomic E-state index is 13.5. The number of carbonyl (C=O) groups excluding carboxylic acids is 2. The quantitative estimate of drug-likeness (QED) is 0.608. The summed E-state index contributed by atoms with van der Waals surface area (Å²) < 4.78 is 18.4. The van der Waals surface area contributed by atoms with Gasteiger partial charge in [-0.2, -0.15) is 5.26 Å². The highest BCUT2D eigenvalue weighted by atomic mass is 32.1. The Balaban J connectivity index is 1.57. The van der Waals surface area contributed by atoms with Crippen molar-refractivity contribution in [3.8, 4) is 6.07 Å². The van der Waals surface area contributed by atoms with Gasteiger partial charge in [-0.1, -0.05) is 25.1 Å². The van der Waals surface area contributed by atoms with Crippen LogP contribution in [0.5, 0.6) is 0 Å². The summed E-state index contributed by atoms with van der Waals surface area (Å²) in [5.74, 6) is -1.17. The molecule has 0 fully saturated rings. The van der Waals surface area contributed by atoms with E-state index in [1.807, 2.05) is 0 Å². The number of nitrogens with zero attached hydrogens (tertiary/aromatic N) is 1. The Labute approximate surface area is 166 Å². The molecule has 1 heterocycles. The van der Waals surface area contributed by atoms with Crippen LogP contribution in [-0.4, -0.2) is 18.5 Å². The molecule has 0 saturated heterocycles. The molecular formula is C21H19FN2O3S. The lowest BCUT2D eigenvalue weighted by atomic mass is 9.89.